The van der Waals surface area contributed by atoms with E-state index in [1.54, 1.807) is 12.1 Å². The van der Waals surface area contributed by atoms with Gasteiger partial charge in [0.2, 0.25) is 10.0 Å². The second kappa shape index (κ2) is 7.78. The minimum absolute atomic E-state index is 0.348. The minimum Gasteiger partial charge on any atom is -0.211 e. The summed E-state index contributed by atoms with van der Waals surface area (Å²) < 4.78 is 27.5. The second-order valence-electron chi connectivity index (χ2n) is 4.98. The van der Waals surface area contributed by atoms with Gasteiger partial charge in [-0.2, -0.15) is 0 Å². The van der Waals surface area contributed by atoms with Crippen LogP contribution in [0, 0.1) is 0 Å². The number of halogens is 1. The van der Waals surface area contributed by atoms with Crippen molar-refractivity contribution in [2.75, 3.05) is 12.4 Å². The molecule has 0 saturated heterocycles. The van der Waals surface area contributed by atoms with Gasteiger partial charge in [0.15, 0.2) is 0 Å². The van der Waals surface area contributed by atoms with Crippen LogP contribution < -0.4 is 4.72 Å². The fraction of sp³-hybridized carbons (Fsp3) is 0.375. The summed E-state index contributed by atoms with van der Waals surface area (Å²) >= 11 is 5.61. The molecule has 114 valence electrons. The van der Waals surface area contributed by atoms with E-state index in [2.05, 4.69) is 4.72 Å². The normalized spacial score (nSPS) is 11.9. The van der Waals surface area contributed by atoms with Crippen molar-refractivity contribution < 1.29 is 8.42 Å². The van der Waals surface area contributed by atoms with E-state index in [0.717, 1.165) is 36.5 Å². The Balaban J connectivity index is 2.05. The van der Waals surface area contributed by atoms with Crippen LogP contribution in [0.2, 0.25) is 0 Å². The van der Waals surface area contributed by atoms with E-state index in [1.165, 1.54) is 0 Å². The van der Waals surface area contributed by atoms with Gasteiger partial charge >= 0.3 is 0 Å². The Bertz CT molecular complexity index is 680. The highest BCUT2D eigenvalue weighted by atomic mass is 35.5. The predicted octanol–water partition coefficient (Wildman–Crippen LogP) is 3.92. The lowest BCUT2D eigenvalue weighted by atomic mass is 10.1. The smallest absolute Gasteiger partial charge is 0.211 e. The molecule has 0 aliphatic carbocycles. The molecule has 0 saturated carbocycles. The molecule has 21 heavy (non-hydrogen) atoms. The molecule has 0 heterocycles. The van der Waals surface area contributed by atoms with Gasteiger partial charge in [0.05, 0.1) is 4.90 Å². The van der Waals surface area contributed by atoms with Crippen LogP contribution in [0.15, 0.2) is 47.4 Å². The molecule has 0 unspecified atom stereocenters. The Morgan fingerprint density at radius 1 is 0.905 bits per heavy atom. The number of hydrogen-bond acceptors (Lipinski definition) is 2. The van der Waals surface area contributed by atoms with E-state index < -0.39 is 10.0 Å². The summed E-state index contributed by atoms with van der Waals surface area (Å²) in [7, 11) is -3.46. The number of rotatable bonds is 8. The number of sulfonamides is 1. The maximum atomic E-state index is 12.4. The van der Waals surface area contributed by atoms with Gasteiger partial charge in [-0.1, -0.05) is 49.2 Å². The first-order valence-electron chi connectivity index (χ1n) is 7.18. The van der Waals surface area contributed by atoms with Crippen molar-refractivity contribution in [3.63, 3.8) is 0 Å². The van der Waals surface area contributed by atoms with Crippen molar-refractivity contribution in [3.8, 4) is 0 Å². The Hall–Kier alpha value is -1.10. The third-order valence-electron chi connectivity index (χ3n) is 3.39. The van der Waals surface area contributed by atoms with E-state index in [-0.39, 0.29) is 0 Å². The predicted molar refractivity (Wildman–Crippen MR) is 88.3 cm³/mol. The highest BCUT2D eigenvalue weighted by Crippen LogP contribution is 2.22. The van der Waals surface area contributed by atoms with Crippen LogP contribution in [0.3, 0.4) is 0 Å². The first-order valence-corrected chi connectivity index (χ1v) is 9.20. The number of unbranched alkanes of at least 4 members (excludes halogenated alkanes) is 3. The molecule has 0 radical (unpaired) electrons. The monoisotopic (exact) mass is 325 g/mol. The maximum absolute atomic E-state index is 12.4. The summed E-state index contributed by atoms with van der Waals surface area (Å²) in [5.41, 5.74) is 0. The van der Waals surface area contributed by atoms with Gasteiger partial charge < -0.3 is 0 Å². The molecule has 2 aromatic rings. The fourth-order valence-electron chi connectivity index (χ4n) is 2.29. The largest absolute Gasteiger partial charge is 0.241 e. The van der Waals surface area contributed by atoms with Gasteiger partial charge in [-0.3, -0.25) is 0 Å². The van der Waals surface area contributed by atoms with Gasteiger partial charge in [0, 0.05) is 17.8 Å². The molecule has 2 aromatic carbocycles. The first-order chi connectivity index (χ1) is 10.1. The van der Waals surface area contributed by atoms with Crippen molar-refractivity contribution in [2.45, 2.75) is 30.6 Å². The molecule has 0 aliphatic rings. The number of fused-ring (bicyclic) bond motifs is 1. The first kappa shape index (κ1) is 16.3. The van der Waals surface area contributed by atoms with E-state index in [4.69, 9.17) is 11.6 Å². The summed E-state index contributed by atoms with van der Waals surface area (Å²) in [6.45, 7) is 0.466. The lowest BCUT2D eigenvalue weighted by Gasteiger charge is -2.09. The molecule has 0 amide bonds. The van der Waals surface area contributed by atoms with Gasteiger partial charge in [0.1, 0.15) is 0 Å². The number of hydrogen-bond donors (Lipinski definition) is 1. The molecule has 0 bridgehead atoms. The third kappa shape index (κ3) is 4.43. The van der Waals surface area contributed by atoms with Crippen LogP contribution in [0.4, 0.5) is 0 Å². The Labute approximate surface area is 131 Å². The standard InChI is InChI=1S/C16H20ClNO2S/c17-12-5-1-2-6-13-18-21(19,20)16-11-7-9-14-8-3-4-10-15(14)16/h3-4,7-11,18H,1-2,5-6,12-13H2. The Kier molecular flexibility index (Phi) is 6.03. The van der Waals surface area contributed by atoms with E-state index in [1.807, 2.05) is 30.3 Å². The zero-order valence-electron chi connectivity index (χ0n) is 11.9. The minimum atomic E-state index is -3.46. The second-order valence-corrected chi connectivity index (χ2v) is 7.09. The Morgan fingerprint density at radius 3 is 2.43 bits per heavy atom. The SMILES string of the molecule is O=S(=O)(NCCCCCCCl)c1cccc2ccccc12. The lowest BCUT2D eigenvalue weighted by molar-refractivity contribution is 0.574. The zero-order chi connectivity index (χ0) is 15.1. The van der Waals surface area contributed by atoms with Crippen LogP contribution in [-0.4, -0.2) is 20.8 Å². The average Bonchev–Trinajstić information content (AvgIpc) is 2.50. The van der Waals surface area contributed by atoms with Crippen molar-refractivity contribution in [1.82, 2.24) is 4.72 Å². The number of nitrogens with one attached hydrogen (secondary N) is 1. The molecule has 0 spiro atoms. The lowest BCUT2D eigenvalue weighted by Crippen LogP contribution is -2.25. The van der Waals surface area contributed by atoms with Gasteiger partial charge in [-0.25, -0.2) is 13.1 Å². The van der Waals surface area contributed by atoms with E-state index in [9.17, 15) is 8.42 Å². The quantitative estimate of drug-likeness (QED) is 0.590. The van der Waals surface area contributed by atoms with E-state index >= 15 is 0 Å². The van der Waals surface area contributed by atoms with Crippen LogP contribution in [-0.2, 0) is 10.0 Å². The summed E-state index contributed by atoms with van der Waals surface area (Å²) in [5, 5.41) is 1.69. The van der Waals surface area contributed by atoms with Crippen LogP contribution >= 0.6 is 11.6 Å². The van der Waals surface area contributed by atoms with Crippen LogP contribution in [0.1, 0.15) is 25.7 Å². The summed E-state index contributed by atoms with van der Waals surface area (Å²) in [4.78, 5) is 0.348. The highest BCUT2D eigenvalue weighted by Gasteiger charge is 2.15. The summed E-state index contributed by atoms with van der Waals surface area (Å²) in [6, 6.07) is 12.9. The molecule has 0 aromatic heterocycles. The third-order valence-corrected chi connectivity index (χ3v) is 5.18. The molecule has 0 fully saturated rings. The molecular weight excluding hydrogens is 306 g/mol. The molecular formula is C16H20ClNO2S. The maximum Gasteiger partial charge on any atom is 0.241 e. The summed E-state index contributed by atoms with van der Waals surface area (Å²) in [5.74, 6) is 0.668. The van der Waals surface area contributed by atoms with Gasteiger partial charge in [0.25, 0.3) is 0 Å². The molecule has 2 rings (SSSR count). The topological polar surface area (TPSA) is 46.2 Å². The number of alkyl halides is 1. The van der Waals surface area contributed by atoms with Crippen molar-refractivity contribution in [1.29, 1.82) is 0 Å². The highest BCUT2D eigenvalue weighted by molar-refractivity contribution is 7.89. The molecule has 0 aliphatic heterocycles. The van der Waals surface area contributed by atoms with Crippen molar-refractivity contribution in [3.05, 3.63) is 42.5 Å². The fourth-order valence-corrected chi connectivity index (χ4v) is 3.78. The Morgan fingerprint density at radius 2 is 1.62 bits per heavy atom. The zero-order valence-corrected chi connectivity index (χ0v) is 13.5. The molecule has 5 heteroatoms. The number of benzene rings is 2. The molecule has 0 atom stereocenters. The van der Waals surface area contributed by atoms with Crippen LogP contribution in [0.5, 0.6) is 0 Å². The van der Waals surface area contributed by atoms with Gasteiger partial charge in [-0.15, -0.1) is 11.6 Å². The summed E-state index contributed by atoms with van der Waals surface area (Å²) in [6.07, 6.45) is 3.85. The van der Waals surface area contributed by atoms with Crippen LogP contribution in [0.25, 0.3) is 10.8 Å². The van der Waals surface area contributed by atoms with E-state index in [0.29, 0.717) is 17.3 Å². The van der Waals surface area contributed by atoms with Crippen molar-refractivity contribution >= 4 is 32.4 Å². The molecule has 3 nitrogen and oxygen atoms in total. The molecule has 1 N–H and O–H groups in total. The van der Waals surface area contributed by atoms with Crippen molar-refractivity contribution in [2.24, 2.45) is 0 Å². The average molecular weight is 326 g/mol. The van der Waals surface area contributed by atoms with Gasteiger partial charge in [-0.05, 0) is 24.3 Å².